The van der Waals surface area contributed by atoms with Gasteiger partial charge >= 0.3 is 0 Å². The largest absolute Gasteiger partial charge is 0.281 e. The normalized spacial score (nSPS) is 12.1. The maximum absolute atomic E-state index is 11.6. The third-order valence-corrected chi connectivity index (χ3v) is 3.26. The lowest BCUT2D eigenvalue weighted by molar-refractivity contribution is -0.113. The summed E-state index contributed by atoms with van der Waals surface area (Å²) in [5.41, 5.74) is 3.25. The van der Waals surface area contributed by atoms with Crippen LogP contribution >= 0.6 is 11.6 Å². The van der Waals surface area contributed by atoms with Gasteiger partial charge < -0.3 is 0 Å². The van der Waals surface area contributed by atoms with E-state index in [2.05, 4.69) is 0 Å². The summed E-state index contributed by atoms with van der Waals surface area (Å²) >= 11 is 5.74. The maximum Gasteiger partial charge on any atom is 0.229 e. The second-order valence-corrected chi connectivity index (χ2v) is 4.83. The number of aryl methyl sites for hydroxylation is 1. The lowest BCUT2D eigenvalue weighted by Gasteiger charge is -2.13. The van der Waals surface area contributed by atoms with E-state index in [1.165, 1.54) is 0 Å². The van der Waals surface area contributed by atoms with Crippen LogP contribution < -0.4 is 0 Å². The van der Waals surface area contributed by atoms with Crippen LogP contribution in [-0.4, -0.2) is 5.24 Å². The molecule has 0 aliphatic carbocycles. The lowest BCUT2D eigenvalue weighted by Crippen LogP contribution is -2.10. The Hall–Kier alpha value is -1.60. The van der Waals surface area contributed by atoms with Crippen molar-refractivity contribution in [2.75, 3.05) is 0 Å². The van der Waals surface area contributed by atoms with Crippen molar-refractivity contribution in [3.63, 3.8) is 0 Å². The number of halogens is 1. The molecular formula is C16H15ClO. The Kier molecular flexibility index (Phi) is 4.16. The third kappa shape index (κ3) is 3.21. The Morgan fingerprint density at radius 3 is 2.44 bits per heavy atom. The monoisotopic (exact) mass is 258 g/mol. The maximum atomic E-state index is 11.6. The molecule has 0 saturated carbocycles. The summed E-state index contributed by atoms with van der Waals surface area (Å²) < 4.78 is 0. The Balaban J connectivity index is 2.27. The van der Waals surface area contributed by atoms with Crippen molar-refractivity contribution in [1.29, 1.82) is 0 Å². The molecule has 1 nitrogen and oxygen atoms in total. The van der Waals surface area contributed by atoms with Gasteiger partial charge in [0.25, 0.3) is 0 Å². The summed E-state index contributed by atoms with van der Waals surface area (Å²) in [5.74, 6) is -0.269. The first-order valence-corrected chi connectivity index (χ1v) is 6.34. The minimum Gasteiger partial charge on any atom is -0.281 e. The predicted octanol–water partition coefficient (Wildman–Crippen LogP) is 4.09. The van der Waals surface area contributed by atoms with Gasteiger partial charge in [-0.15, -0.1) is 0 Å². The molecule has 0 radical (unpaired) electrons. The van der Waals surface area contributed by atoms with Gasteiger partial charge in [-0.2, -0.15) is 0 Å². The Labute approximate surface area is 112 Å². The fraction of sp³-hybridized carbons (Fsp3) is 0.188. The van der Waals surface area contributed by atoms with E-state index in [9.17, 15) is 4.79 Å². The van der Waals surface area contributed by atoms with Gasteiger partial charge in [0.15, 0.2) is 0 Å². The number of carbonyl (C=O) groups excluding carboxylic acids is 1. The number of hydrogen-bond donors (Lipinski definition) is 0. The second kappa shape index (κ2) is 5.83. The van der Waals surface area contributed by atoms with Gasteiger partial charge in [-0.1, -0.05) is 60.2 Å². The summed E-state index contributed by atoms with van der Waals surface area (Å²) in [5, 5.41) is -0.301. The van der Waals surface area contributed by atoms with Crippen LogP contribution in [0.3, 0.4) is 0 Å². The zero-order valence-electron chi connectivity index (χ0n) is 10.3. The summed E-state index contributed by atoms with van der Waals surface area (Å²) in [6, 6.07) is 17.9. The quantitative estimate of drug-likeness (QED) is 0.755. The third-order valence-electron chi connectivity index (χ3n) is 3.00. The summed E-state index contributed by atoms with van der Waals surface area (Å²) in [6.45, 7) is 2.02. The van der Waals surface area contributed by atoms with Gasteiger partial charge in [0, 0.05) is 0 Å². The van der Waals surface area contributed by atoms with Crippen LogP contribution in [0.5, 0.6) is 0 Å². The predicted molar refractivity (Wildman–Crippen MR) is 74.9 cm³/mol. The number of benzene rings is 2. The summed E-state index contributed by atoms with van der Waals surface area (Å²) in [6.07, 6.45) is 0.645. The average Bonchev–Trinajstić information content (AvgIpc) is 2.37. The van der Waals surface area contributed by atoms with Gasteiger partial charge in [-0.05, 0) is 36.1 Å². The fourth-order valence-electron chi connectivity index (χ4n) is 2.07. The van der Waals surface area contributed by atoms with Gasteiger partial charge in [0.05, 0.1) is 5.92 Å². The molecule has 0 heterocycles. The molecule has 0 aromatic heterocycles. The average molecular weight is 259 g/mol. The Bertz CT molecular complexity index is 534. The van der Waals surface area contributed by atoms with Crippen LogP contribution in [0.4, 0.5) is 0 Å². The van der Waals surface area contributed by atoms with Crippen molar-refractivity contribution in [3.05, 3.63) is 71.3 Å². The van der Waals surface area contributed by atoms with Crippen molar-refractivity contribution >= 4 is 16.8 Å². The van der Waals surface area contributed by atoms with Gasteiger partial charge in [0.2, 0.25) is 5.24 Å². The molecule has 18 heavy (non-hydrogen) atoms. The molecule has 2 aromatic carbocycles. The van der Waals surface area contributed by atoms with E-state index in [-0.39, 0.29) is 11.2 Å². The van der Waals surface area contributed by atoms with Crippen molar-refractivity contribution in [2.45, 2.75) is 19.3 Å². The highest BCUT2D eigenvalue weighted by Crippen LogP contribution is 2.24. The highest BCUT2D eigenvalue weighted by Gasteiger charge is 2.19. The molecule has 92 valence electrons. The van der Waals surface area contributed by atoms with Crippen molar-refractivity contribution in [1.82, 2.24) is 0 Å². The zero-order chi connectivity index (χ0) is 13.0. The van der Waals surface area contributed by atoms with Gasteiger partial charge in [-0.25, -0.2) is 0 Å². The first-order valence-electron chi connectivity index (χ1n) is 5.96. The molecule has 0 bridgehead atoms. The summed E-state index contributed by atoms with van der Waals surface area (Å²) in [4.78, 5) is 11.6. The molecule has 2 heteroatoms. The van der Waals surface area contributed by atoms with E-state index >= 15 is 0 Å². The first-order chi connectivity index (χ1) is 8.66. The van der Waals surface area contributed by atoms with Crippen LogP contribution in [0.25, 0.3) is 0 Å². The highest BCUT2D eigenvalue weighted by molar-refractivity contribution is 6.64. The highest BCUT2D eigenvalue weighted by atomic mass is 35.5. The van der Waals surface area contributed by atoms with E-state index in [0.29, 0.717) is 6.42 Å². The van der Waals surface area contributed by atoms with E-state index in [1.54, 1.807) is 0 Å². The second-order valence-electron chi connectivity index (χ2n) is 4.46. The zero-order valence-corrected chi connectivity index (χ0v) is 11.0. The molecule has 0 aliphatic heterocycles. The smallest absolute Gasteiger partial charge is 0.229 e. The molecule has 0 amide bonds. The number of hydrogen-bond acceptors (Lipinski definition) is 1. The van der Waals surface area contributed by atoms with Crippen molar-refractivity contribution < 1.29 is 4.79 Å². The van der Waals surface area contributed by atoms with E-state index < -0.39 is 0 Å². The van der Waals surface area contributed by atoms with E-state index in [1.807, 2.05) is 61.5 Å². The topological polar surface area (TPSA) is 17.1 Å². The minimum atomic E-state index is -0.301. The fourth-order valence-corrected chi connectivity index (χ4v) is 2.27. The van der Waals surface area contributed by atoms with Crippen LogP contribution in [-0.2, 0) is 11.2 Å². The molecule has 0 spiro atoms. The molecular weight excluding hydrogens is 244 g/mol. The van der Waals surface area contributed by atoms with Crippen LogP contribution in [0.1, 0.15) is 22.6 Å². The molecule has 2 aromatic rings. The molecule has 0 saturated heterocycles. The molecule has 0 N–H and O–H groups in total. The van der Waals surface area contributed by atoms with Crippen molar-refractivity contribution in [2.24, 2.45) is 0 Å². The lowest BCUT2D eigenvalue weighted by atomic mass is 9.92. The van der Waals surface area contributed by atoms with Crippen LogP contribution in [0.15, 0.2) is 54.6 Å². The number of carbonyl (C=O) groups is 1. The number of rotatable bonds is 4. The SMILES string of the molecule is Cc1cccc(C(Cc2ccccc2)C(=O)Cl)c1. The summed E-state index contributed by atoms with van der Waals surface area (Å²) in [7, 11) is 0. The standard InChI is InChI=1S/C16H15ClO/c1-12-6-5-9-14(10-12)15(16(17)18)11-13-7-3-2-4-8-13/h2-10,15H,11H2,1H3. The molecule has 2 rings (SSSR count). The molecule has 1 unspecified atom stereocenters. The van der Waals surface area contributed by atoms with Gasteiger partial charge in [-0.3, -0.25) is 4.79 Å². The van der Waals surface area contributed by atoms with Crippen molar-refractivity contribution in [3.8, 4) is 0 Å². The van der Waals surface area contributed by atoms with Crippen LogP contribution in [0.2, 0.25) is 0 Å². The van der Waals surface area contributed by atoms with E-state index in [4.69, 9.17) is 11.6 Å². The van der Waals surface area contributed by atoms with E-state index in [0.717, 1.165) is 16.7 Å². The molecule has 1 atom stereocenters. The minimum absolute atomic E-state index is 0.269. The molecule has 0 aliphatic rings. The molecule has 0 fully saturated rings. The van der Waals surface area contributed by atoms with Crippen LogP contribution in [0, 0.1) is 6.92 Å². The Morgan fingerprint density at radius 1 is 1.11 bits per heavy atom. The Morgan fingerprint density at radius 2 is 1.83 bits per heavy atom. The van der Waals surface area contributed by atoms with Gasteiger partial charge in [0.1, 0.15) is 0 Å². The first kappa shape index (κ1) is 12.8.